The van der Waals surface area contributed by atoms with Crippen LogP contribution in [0.3, 0.4) is 0 Å². The first kappa shape index (κ1) is 21.0. The molecule has 0 aliphatic rings. The number of hydrogen-bond donors (Lipinski definition) is 4. The average molecular weight is 330 g/mol. The summed E-state index contributed by atoms with van der Waals surface area (Å²) in [5, 5.41) is 9.42. The van der Waals surface area contributed by atoms with Crippen LogP contribution >= 0.6 is 0 Å². The molecule has 0 aromatic rings. The number of hydrogen-bond acceptors (Lipinski definition) is 6. The molecule has 23 heavy (non-hydrogen) atoms. The van der Waals surface area contributed by atoms with Crippen LogP contribution in [-0.4, -0.2) is 51.8 Å². The highest BCUT2D eigenvalue weighted by Gasteiger charge is 2.40. The highest BCUT2D eigenvalue weighted by Crippen LogP contribution is 2.18. The Labute approximate surface area is 135 Å². The molecule has 9 nitrogen and oxygen atoms in total. The van der Waals surface area contributed by atoms with Crippen LogP contribution in [0.15, 0.2) is 0 Å². The highest BCUT2D eigenvalue weighted by molar-refractivity contribution is 6.03. The molecule has 0 aliphatic carbocycles. The molecule has 0 rings (SSSR count). The molecule has 0 saturated carbocycles. The lowest BCUT2D eigenvalue weighted by atomic mass is 9.95. The van der Waals surface area contributed by atoms with Gasteiger partial charge < -0.3 is 22.3 Å². The summed E-state index contributed by atoms with van der Waals surface area (Å²) in [4.78, 5) is 47.7. The second-order valence-corrected chi connectivity index (χ2v) is 5.62. The van der Waals surface area contributed by atoms with Crippen LogP contribution in [0.1, 0.15) is 40.0 Å². The van der Waals surface area contributed by atoms with E-state index in [1.165, 1.54) is 6.92 Å². The molecule has 0 fully saturated rings. The van der Waals surface area contributed by atoms with Crippen LogP contribution in [0.4, 0.5) is 0 Å². The summed E-state index contributed by atoms with van der Waals surface area (Å²) in [6.07, 6.45) is 0.210. The van der Waals surface area contributed by atoms with Gasteiger partial charge in [-0.05, 0) is 19.3 Å². The number of carboxylic acids is 1. The number of primary amides is 1. The standard InChI is InChI=1S/C14H26N4O5/c1-4-7(2)11(14(22)23)18(12(20)8(3)15)13(21)9(16)5-6-10(17)19/h7-9,11H,4-6,15-16H2,1-3H3,(H2,17,19)(H,22,23). The van der Waals surface area contributed by atoms with Crippen molar-refractivity contribution in [3.8, 4) is 0 Å². The summed E-state index contributed by atoms with van der Waals surface area (Å²) in [5.41, 5.74) is 16.2. The van der Waals surface area contributed by atoms with Gasteiger partial charge in [0.05, 0.1) is 12.1 Å². The SMILES string of the molecule is CCC(C)C(C(=O)O)N(C(=O)C(C)N)C(=O)C(N)CCC(N)=O. The summed E-state index contributed by atoms with van der Waals surface area (Å²) in [6.45, 7) is 4.71. The van der Waals surface area contributed by atoms with E-state index < -0.39 is 47.7 Å². The lowest BCUT2D eigenvalue weighted by molar-refractivity contribution is -0.161. The van der Waals surface area contributed by atoms with Gasteiger partial charge in [-0.15, -0.1) is 0 Å². The van der Waals surface area contributed by atoms with E-state index >= 15 is 0 Å². The molecule has 0 bridgehead atoms. The molecule has 0 saturated heterocycles. The van der Waals surface area contributed by atoms with E-state index in [0.717, 1.165) is 0 Å². The van der Waals surface area contributed by atoms with E-state index in [2.05, 4.69) is 0 Å². The maximum atomic E-state index is 12.5. The number of aliphatic carboxylic acids is 1. The largest absolute Gasteiger partial charge is 0.480 e. The van der Waals surface area contributed by atoms with Gasteiger partial charge in [0.25, 0.3) is 0 Å². The first-order valence-corrected chi connectivity index (χ1v) is 7.43. The third-order valence-corrected chi connectivity index (χ3v) is 3.60. The third-order valence-electron chi connectivity index (χ3n) is 3.60. The van der Waals surface area contributed by atoms with Crippen LogP contribution in [-0.2, 0) is 19.2 Å². The zero-order chi connectivity index (χ0) is 18.3. The Morgan fingerprint density at radius 3 is 1.96 bits per heavy atom. The molecule has 0 spiro atoms. The molecule has 132 valence electrons. The molecular formula is C14H26N4O5. The van der Waals surface area contributed by atoms with Crippen molar-refractivity contribution in [1.29, 1.82) is 0 Å². The van der Waals surface area contributed by atoms with Crippen LogP contribution in [0.5, 0.6) is 0 Å². The monoisotopic (exact) mass is 330 g/mol. The maximum absolute atomic E-state index is 12.5. The Balaban J connectivity index is 5.59. The van der Waals surface area contributed by atoms with Gasteiger partial charge >= 0.3 is 5.97 Å². The number of carboxylic acid groups (broad SMARTS) is 1. The number of carbonyl (C=O) groups is 4. The Bertz CT molecular complexity index is 466. The average Bonchev–Trinajstić information content (AvgIpc) is 2.47. The van der Waals surface area contributed by atoms with E-state index in [1.54, 1.807) is 13.8 Å². The van der Waals surface area contributed by atoms with Crippen molar-refractivity contribution in [3.05, 3.63) is 0 Å². The predicted octanol–water partition coefficient (Wildman–Crippen LogP) is -1.22. The van der Waals surface area contributed by atoms with E-state index in [1.807, 2.05) is 0 Å². The van der Waals surface area contributed by atoms with Gasteiger partial charge in [-0.3, -0.25) is 19.3 Å². The summed E-state index contributed by atoms with van der Waals surface area (Å²) < 4.78 is 0. The number of imide groups is 1. The number of amides is 3. The Hall–Kier alpha value is -2.00. The van der Waals surface area contributed by atoms with Crippen molar-refractivity contribution in [2.24, 2.45) is 23.1 Å². The Kier molecular flexibility index (Phi) is 8.41. The van der Waals surface area contributed by atoms with Crippen LogP contribution in [0, 0.1) is 5.92 Å². The molecule has 3 amide bonds. The van der Waals surface area contributed by atoms with Crippen molar-refractivity contribution in [3.63, 3.8) is 0 Å². The minimum absolute atomic E-state index is 0.0796. The number of carbonyl (C=O) groups excluding carboxylic acids is 3. The number of nitrogens with zero attached hydrogens (tertiary/aromatic N) is 1. The van der Waals surface area contributed by atoms with Crippen molar-refractivity contribution in [2.45, 2.75) is 58.2 Å². The van der Waals surface area contributed by atoms with E-state index in [9.17, 15) is 24.3 Å². The molecule has 9 heteroatoms. The van der Waals surface area contributed by atoms with Gasteiger partial charge in [0.1, 0.15) is 6.04 Å². The lowest BCUT2D eigenvalue weighted by Gasteiger charge is -2.33. The minimum atomic E-state index is -1.37. The van der Waals surface area contributed by atoms with Gasteiger partial charge in [0.15, 0.2) is 0 Å². The molecule has 0 aliphatic heterocycles. The maximum Gasteiger partial charge on any atom is 0.327 e. The lowest BCUT2D eigenvalue weighted by Crippen LogP contribution is -2.59. The van der Waals surface area contributed by atoms with Crippen molar-refractivity contribution >= 4 is 23.7 Å². The summed E-state index contributed by atoms with van der Waals surface area (Å²) >= 11 is 0. The molecule has 0 aromatic carbocycles. The predicted molar refractivity (Wildman–Crippen MR) is 82.8 cm³/mol. The second kappa shape index (κ2) is 9.21. The second-order valence-electron chi connectivity index (χ2n) is 5.62. The molecule has 4 unspecified atom stereocenters. The third kappa shape index (κ3) is 5.95. The zero-order valence-electron chi connectivity index (χ0n) is 13.7. The van der Waals surface area contributed by atoms with Crippen LogP contribution < -0.4 is 17.2 Å². The van der Waals surface area contributed by atoms with E-state index in [-0.39, 0.29) is 12.8 Å². The summed E-state index contributed by atoms with van der Waals surface area (Å²) in [5.74, 6) is -4.14. The van der Waals surface area contributed by atoms with Crippen molar-refractivity contribution < 1.29 is 24.3 Å². The fourth-order valence-electron chi connectivity index (χ4n) is 2.03. The van der Waals surface area contributed by atoms with Crippen molar-refractivity contribution in [2.75, 3.05) is 0 Å². The van der Waals surface area contributed by atoms with E-state index in [4.69, 9.17) is 17.2 Å². The first-order chi connectivity index (χ1) is 10.5. The van der Waals surface area contributed by atoms with Crippen LogP contribution in [0.2, 0.25) is 0 Å². The summed E-state index contributed by atoms with van der Waals surface area (Å²) in [7, 11) is 0. The molecule has 0 aromatic heterocycles. The van der Waals surface area contributed by atoms with Gasteiger partial charge in [0.2, 0.25) is 17.7 Å². The highest BCUT2D eigenvalue weighted by atomic mass is 16.4. The summed E-state index contributed by atoms with van der Waals surface area (Å²) in [6, 6.07) is -3.64. The topological polar surface area (TPSA) is 170 Å². The van der Waals surface area contributed by atoms with Crippen LogP contribution in [0.25, 0.3) is 0 Å². The minimum Gasteiger partial charge on any atom is -0.480 e. The molecule has 0 radical (unpaired) electrons. The molecule has 4 atom stereocenters. The Morgan fingerprint density at radius 2 is 1.61 bits per heavy atom. The van der Waals surface area contributed by atoms with Crippen molar-refractivity contribution in [1.82, 2.24) is 4.90 Å². The normalized spacial score (nSPS) is 16.0. The number of rotatable bonds is 9. The van der Waals surface area contributed by atoms with Gasteiger partial charge in [-0.2, -0.15) is 0 Å². The molecule has 7 N–H and O–H groups in total. The number of nitrogens with two attached hydrogens (primary N) is 3. The molecular weight excluding hydrogens is 304 g/mol. The zero-order valence-corrected chi connectivity index (χ0v) is 13.7. The fraction of sp³-hybridized carbons (Fsp3) is 0.714. The Morgan fingerprint density at radius 1 is 1.09 bits per heavy atom. The fourth-order valence-corrected chi connectivity index (χ4v) is 2.03. The quantitative estimate of drug-likeness (QED) is 0.410. The van der Waals surface area contributed by atoms with E-state index in [0.29, 0.717) is 11.3 Å². The molecule has 0 heterocycles. The van der Waals surface area contributed by atoms with Gasteiger partial charge in [-0.1, -0.05) is 20.3 Å². The first-order valence-electron chi connectivity index (χ1n) is 7.43. The van der Waals surface area contributed by atoms with Gasteiger partial charge in [-0.25, -0.2) is 4.79 Å². The van der Waals surface area contributed by atoms with Gasteiger partial charge in [0, 0.05) is 6.42 Å². The smallest absolute Gasteiger partial charge is 0.327 e.